The van der Waals surface area contributed by atoms with Crippen LogP contribution in [0.5, 0.6) is 0 Å². The van der Waals surface area contributed by atoms with Crippen LogP contribution >= 0.6 is 27.3 Å². The number of piperazine rings is 1. The Balaban J connectivity index is 1.41. The van der Waals surface area contributed by atoms with Crippen LogP contribution in [0, 0.1) is 0 Å². The summed E-state index contributed by atoms with van der Waals surface area (Å²) in [5.74, 6) is 0.478. The molecule has 0 atom stereocenters. The molecular weight excluding hydrogens is 482 g/mol. The van der Waals surface area contributed by atoms with Crippen molar-refractivity contribution in [2.75, 3.05) is 44.6 Å². The molecule has 3 heterocycles. The highest BCUT2D eigenvalue weighted by Gasteiger charge is 2.22. The first-order chi connectivity index (χ1) is 15.1. The van der Waals surface area contributed by atoms with Crippen molar-refractivity contribution < 1.29 is 14.9 Å². The fourth-order valence-electron chi connectivity index (χ4n) is 3.39. The Morgan fingerprint density at radius 2 is 2.03 bits per heavy atom. The number of benzene rings is 1. The average Bonchev–Trinajstić information content (AvgIpc) is 3.24. The predicted octanol–water partition coefficient (Wildman–Crippen LogP) is 3.96. The number of anilines is 2. The molecular formula is C21H22BrN5O3S. The molecule has 2 aromatic heterocycles. The zero-order chi connectivity index (χ0) is 21.6. The molecule has 162 valence electrons. The van der Waals surface area contributed by atoms with Crippen LogP contribution in [0.15, 0.2) is 52.4 Å². The number of amides is 1. The first-order valence-corrected chi connectivity index (χ1v) is 11.5. The molecule has 1 aromatic carbocycles. The number of hydrogen-bond acceptors (Lipinski definition) is 8. The van der Waals surface area contributed by atoms with Crippen LogP contribution in [0.1, 0.15) is 10.4 Å². The largest absolute Gasteiger partial charge is 0.336 e. The van der Waals surface area contributed by atoms with E-state index >= 15 is 0 Å². The molecule has 31 heavy (non-hydrogen) atoms. The summed E-state index contributed by atoms with van der Waals surface area (Å²) < 4.78 is 1.05. The van der Waals surface area contributed by atoms with Crippen LogP contribution in [-0.4, -0.2) is 70.3 Å². The Morgan fingerprint density at radius 1 is 1.19 bits per heavy atom. The van der Waals surface area contributed by atoms with Crippen molar-refractivity contribution in [3.8, 4) is 10.6 Å². The molecule has 0 saturated carbocycles. The van der Waals surface area contributed by atoms with Crippen LogP contribution in [0.25, 0.3) is 10.6 Å². The van der Waals surface area contributed by atoms with E-state index in [0.29, 0.717) is 31.1 Å². The molecule has 0 radical (unpaired) electrons. The molecule has 10 heteroatoms. The van der Waals surface area contributed by atoms with E-state index in [2.05, 4.69) is 41.0 Å². The summed E-state index contributed by atoms with van der Waals surface area (Å²) in [6, 6.07) is 13.3. The minimum absolute atomic E-state index is 0.000173. The van der Waals surface area contributed by atoms with Gasteiger partial charge in [0.05, 0.1) is 21.0 Å². The normalized spacial score (nSPS) is 14.6. The summed E-state index contributed by atoms with van der Waals surface area (Å²) in [5, 5.41) is 11.7. The number of hydrogen-bond donors (Lipinski definition) is 2. The number of halogens is 1. The van der Waals surface area contributed by atoms with E-state index in [1.165, 1.54) is 0 Å². The van der Waals surface area contributed by atoms with E-state index in [9.17, 15) is 4.79 Å². The third kappa shape index (κ3) is 5.66. The number of carbonyl (C=O) groups excluding carboxylic acids is 1. The topological polar surface area (TPSA) is 90.8 Å². The Labute approximate surface area is 192 Å². The number of carbonyl (C=O) groups is 1. The van der Waals surface area contributed by atoms with Crippen molar-refractivity contribution in [1.82, 2.24) is 19.8 Å². The lowest BCUT2D eigenvalue weighted by Crippen LogP contribution is -2.49. The number of nitrogens with zero attached hydrogens (tertiary/aromatic N) is 4. The minimum atomic E-state index is -0.000173. The number of thiophene rings is 1. The highest BCUT2D eigenvalue weighted by molar-refractivity contribution is 9.11. The van der Waals surface area contributed by atoms with E-state index < -0.39 is 0 Å². The van der Waals surface area contributed by atoms with Crippen LogP contribution in [0.4, 0.5) is 11.6 Å². The van der Waals surface area contributed by atoms with Gasteiger partial charge in [-0.3, -0.25) is 15.0 Å². The van der Waals surface area contributed by atoms with Gasteiger partial charge in [0.2, 0.25) is 5.95 Å². The second-order valence-corrected chi connectivity index (χ2v) is 9.51. The molecule has 1 saturated heterocycles. The second-order valence-electron chi connectivity index (χ2n) is 7.04. The molecule has 8 nitrogen and oxygen atoms in total. The molecule has 3 aromatic rings. The summed E-state index contributed by atoms with van der Waals surface area (Å²) in [5.41, 5.74) is 2.22. The van der Waals surface area contributed by atoms with Gasteiger partial charge in [-0.05, 0) is 52.3 Å². The van der Waals surface area contributed by atoms with Gasteiger partial charge < -0.3 is 10.2 Å². The van der Waals surface area contributed by atoms with Gasteiger partial charge in [0.1, 0.15) is 0 Å². The maximum atomic E-state index is 12.9. The minimum Gasteiger partial charge on any atom is -0.336 e. The maximum Gasteiger partial charge on any atom is 0.254 e. The van der Waals surface area contributed by atoms with Gasteiger partial charge in [-0.25, -0.2) is 14.9 Å². The number of aromatic nitrogens is 2. The maximum absolute atomic E-state index is 12.9. The average molecular weight is 504 g/mol. The molecule has 0 spiro atoms. The third-order valence-corrected chi connectivity index (χ3v) is 6.65. The Bertz CT molecular complexity index is 1040. The van der Waals surface area contributed by atoms with Crippen molar-refractivity contribution >= 4 is 44.8 Å². The van der Waals surface area contributed by atoms with E-state index in [1.54, 1.807) is 17.5 Å². The molecule has 1 amide bonds. The van der Waals surface area contributed by atoms with Crippen LogP contribution in [0.3, 0.4) is 0 Å². The van der Waals surface area contributed by atoms with Gasteiger partial charge in [0, 0.05) is 50.2 Å². The Kier molecular flexibility index (Phi) is 7.25. The molecule has 1 fully saturated rings. The first-order valence-electron chi connectivity index (χ1n) is 9.86. The highest BCUT2D eigenvalue weighted by atomic mass is 79.9. The lowest BCUT2D eigenvalue weighted by atomic mass is 10.1. The predicted molar refractivity (Wildman–Crippen MR) is 124 cm³/mol. The second kappa shape index (κ2) is 10.3. The molecule has 0 bridgehead atoms. The molecule has 0 unspecified atom stereocenters. The third-order valence-electron chi connectivity index (χ3n) is 5.01. The van der Waals surface area contributed by atoms with E-state index in [-0.39, 0.29) is 12.5 Å². The highest BCUT2D eigenvalue weighted by Crippen LogP contribution is 2.30. The van der Waals surface area contributed by atoms with Gasteiger partial charge in [-0.1, -0.05) is 6.07 Å². The molecule has 4 rings (SSSR count). The SMILES string of the molecule is O=C(c1cccc(Nc2nccc(-c3ccc(Br)s3)n2)c1)N1CCN(CCOO)CC1. The van der Waals surface area contributed by atoms with E-state index in [0.717, 1.165) is 33.1 Å². The lowest BCUT2D eigenvalue weighted by molar-refractivity contribution is -0.244. The Hall–Kier alpha value is -2.37. The van der Waals surface area contributed by atoms with Gasteiger partial charge in [-0.2, -0.15) is 0 Å². The summed E-state index contributed by atoms with van der Waals surface area (Å²) in [7, 11) is 0. The van der Waals surface area contributed by atoms with Crippen molar-refractivity contribution in [3.63, 3.8) is 0 Å². The van der Waals surface area contributed by atoms with Gasteiger partial charge in [0.15, 0.2) is 0 Å². The summed E-state index contributed by atoms with van der Waals surface area (Å²) in [6.07, 6.45) is 1.72. The smallest absolute Gasteiger partial charge is 0.254 e. The van der Waals surface area contributed by atoms with Crippen LogP contribution in [0.2, 0.25) is 0 Å². The van der Waals surface area contributed by atoms with Gasteiger partial charge >= 0.3 is 0 Å². The standard InChI is InChI=1S/C21H22BrN5O3S/c22-19-5-4-18(31-19)17-6-7-23-21(25-17)24-16-3-1-2-15(14-16)20(28)27-10-8-26(9-11-27)12-13-30-29/h1-7,14,29H,8-13H2,(H,23,24,25). The fraction of sp³-hybridized carbons (Fsp3) is 0.286. The molecule has 0 aliphatic carbocycles. The Morgan fingerprint density at radius 3 is 2.77 bits per heavy atom. The van der Waals surface area contributed by atoms with Crippen molar-refractivity contribution in [3.05, 3.63) is 58.0 Å². The fourth-order valence-corrected chi connectivity index (χ4v) is 4.75. The first kappa shape index (κ1) is 21.8. The monoisotopic (exact) mass is 503 g/mol. The van der Waals surface area contributed by atoms with Crippen LogP contribution in [-0.2, 0) is 4.89 Å². The number of rotatable bonds is 7. The zero-order valence-corrected chi connectivity index (χ0v) is 19.1. The van der Waals surface area contributed by atoms with Crippen molar-refractivity contribution in [1.29, 1.82) is 0 Å². The van der Waals surface area contributed by atoms with E-state index in [4.69, 9.17) is 5.26 Å². The lowest BCUT2D eigenvalue weighted by Gasteiger charge is -2.34. The summed E-state index contributed by atoms with van der Waals surface area (Å²) in [6.45, 7) is 3.72. The van der Waals surface area contributed by atoms with Crippen molar-refractivity contribution in [2.24, 2.45) is 0 Å². The van der Waals surface area contributed by atoms with Gasteiger partial charge in [-0.15, -0.1) is 11.3 Å². The van der Waals surface area contributed by atoms with E-state index in [1.807, 2.05) is 47.4 Å². The van der Waals surface area contributed by atoms with Gasteiger partial charge in [0.25, 0.3) is 5.91 Å². The molecule has 1 aliphatic heterocycles. The van der Waals surface area contributed by atoms with Crippen molar-refractivity contribution in [2.45, 2.75) is 0 Å². The molecule has 1 aliphatic rings. The summed E-state index contributed by atoms with van der Waals surface area (Å²) >= 11 is 5.08. The van der Waals surface area contributed by atoms with Crippen LogP contribution < -0.4 is 5.32 Å². The zero-order valence-electron chi connectivity index (χ0n) is 16.7. The number of nitrogens with one attached hydrogen (secondary N) is 1. The quantitative estimate of drug-likeness (QED) is 0.372. The summed E-state index contributed by atoms with van der Waals surface area (Å²) in [4.78, 5) is 31.0. The molecule has 2 N–H and O–H groups in total.